The van der Waals surface area contributed by atoms with Crippen LogP contribution in [0.15, 0.2) is 64.4 Å². The van der Waals surface area contributed by atoms with E-state index in [2.05, 4.69) is 4.74 Å². The molecular formula is C18H12F6O4S. The van der Waals surface area contributed by atoms with Gasteiger partial charge in [-0.3, -0.25) is 4.79 Å². The fraction of sp³-hybridized carbons (Fsp3) is 0.222. The summed E-state index contributed by atoms with van der Waals surface area (Å²) < 4.78 is 83.6. The zero-order chi connectivity index (χ0) is 21.9. The maximum atomic E-state index is 13.3. The van der Waals surface area contributed by atoms with Crippen molar-refractivity contribution in [2.75, 3.05) is 0 Å². The third kappa shape index (κ3) is 5.03. The number of halogens is 6. The molecule has 2 rings (SSSR count). The van der Waals surface area contributed by atoms with Crippen LogP contribution >= 0.6 is 11.8 Å². The molecule has 4 nitrogen and oxygen atoms in total. The van der Waals surface area contributed by atoms with Crippen molar-refractivity contribution in [3.63, 3.8) is 0 Å². The molecule has 0 radical (unpaired) electrons. The number of hydrogen-bond donors (Lipinski definition) is 1. The van der Waals surface area contributed by atoms with E-state index in [0.717, 1.165) is 17.8 Å². The smallest absolute Gasteiger partial charge is 0.438 e. The number of carbonyl (C=O) groups is 2. The lowest BCUT2D eigenvalue weighted by atomic mass is 9.97. The summed E-state index contributed by atoms with van der Waals surface area (Å²) in [5, 5.41) is 8.61. The van der Waals surface area contributed by atoms with Gasteiger partial charge in [0.25, 0.3) is 0 Å². The van der Waals surface area contributed by atoms with Gasteiger partial charge in [-0.1, -0.05) is 42.1 Å². The summed E-state index contributed by atoms with van der Waals surface area (Å²) in [5.74, 6) is -4.38. The Morgan fingerprint density at radius 3 is 1.90 bits per heavy atom. The highest BCUT2D eigenvalue weighted by molar-refractivity contribution is 7.99. The Labute approximate surface area is 164 Å². The van der Waals surface area contributed by atoms with Crippen LogP contribution in [0.3, 0.4) is 0 Å². The molecule has 2 aromatic rings. The van der Waals surface area contributed by atoms with Gasteiger partial charge in [0.2, 0.25) is 0 Å². The first kappa shape index (κ1) is 22.6. The second kappa shape index (κ2) is 8.36. The van der Waals surface area contributed by atoms with Gasteiger partial charge in [0, 0.05) is 9.79 Å². The number of benzene rings is 2. The Morgan fingerprint density at radius 1 is 0.862 bits per heavy atom. The van der Waals surface area contributed by atoms with Crippen molar-refractivity contribution in [2.45, 2.75) is 34.2 Å². The largest absolute Gasteiger partial charge is 0.481 e. The maximum Gasteiger partial charge on any atom is 0.438 e. The molecule has 0 unspecified atom stereocenters. The fourth-order valence-electron chi connectivity index (χ4n) is 2.28. The Kier molecular flexibility index (Phi) is 6.51. The Morgan fingerprint density at radius 2 is 1.38 bits per heavy atom. The third-order valence-corrected chi connectivity index (χ3v) is 4.74. The van der Waals surface area contributed by atoms with Gasteiger partial charge >= 0.3 is 29.9 Å². The highest BCUT2D eigenvalue weighted by Gasteiger charge is 2.75. The number of carboxylic acid groups (broad SMARTS) is 1. The molecule has 0 aliphatic carbocycles. The van der Waals surface area contributed by atoms with E-state index in [4.69, 9.17) is 5.11 Å². The van der Waals surface area contributed by atoms with Crippen LogP contribution in [0, 0.1) is 0 Å². The van der Waals surface area contributed by atoms with E-state index in [9.17, 15) is 35.9 Å². The predicted molar refractivity (Wildman–Crippen MR) is 89.5 cm³/mol. The molecule has 156 valence electrons. The van der Waals surface area contributed by atoms with E-state index >= 15 is 0 Å². The molecule has 0 bridgehead atoms. The zero-order valence-corrected chi connectivity index (χ0v) is 15.1. The van der Waals surface area contributed by atoms with Gasteiger partial charge in [0.1, 0.15) is 6.42 Å². The summed E-state index contributed by atoms with van der Waals surface area (Å²) in [5.41, 5.74) is -5.75. The SMILES string of the molecule is O=C(O)CC(OC(=O)c1ccccc1Sc1ccccc1)(C(F)(F)F)C(F)(F)F. The molecule has 11 heteroatoms. The molecule has 0 aliphatic rings. The molecule has 29 heavy (non-hydrogen) atoms. The minimum Gasteiger partial charge on any atom is -0.481 e. The van der Waals surface area contributed by atoms with Gasteiger partial charge < -0.3 is 9.84 Å². The average Bonchev–Trinajstić information content (AvgIpc) is 2.60. The molecule has 0 spiro atoms. The summed E-state index contributed by atoms with van der Waals surface area (Å²) in [7, 11) is 0. The monoisotopic (exact) mass is 438 g/mol. The number of carbonyl (C=O) groups excluding carboxylic acids is 1. The van der Waals surface area contributed by atoms with Gasteiger partial charge in [-0.25, -0.2) is 4.79 Å². The number of carboxylic acids is 1. The van der Waals surface area contributed by atoms with E-state index in [1.807, 2.05) is 0 Å². The normalized spacial score (nSPS) is 12.5. The van der Waals surface area contributed by atoms with Crippen molar-refractivity contribution in [3.8, 4) is 0 Å². The lowest BCUT2D eigenvalue weighted by molar-refractivity contribution is -0.365. The van der Waals surface area contributed by atoms with E-state index in [1.165, 1.54) is 18.2 Å². The first-order valence-corrected chi connectivity index (χ1v) is 8.59. The van der Waals surface area contributed by atoms with E-state index in [1.54, 1.807) is 30.3 Å². The summed E-state index contributed by atoms with van der Waals surface area (Å²) in [6.45, 7) is 0. The lowest BCUT2D eigenvalue weighted by Crippen LogP contribution is -2.60. The first-order chi connectivity index (χ1) is 13.4. The highest BCUT2D eigenvalue weighted by atomic mass is 32.2. The van der Waals surface area contributed by atoms with Crippen molar-refractivity contribution in [3.05, 3.63) is 60.2 Å². The molecule has 0 heterocycles. The van der Waals surface area contributed by atoms with Crippen LogP contribution in [0.5, 0.6) is 0 Å². The summed E-state index contributed by atoms with van der Waals surface area (Å²) >= 11 is 0.918. The van der Waals surface area contributed by atoms with Gasteiger partial charge in [-0.15, -0.1) is 0 Å². The van der Waals surface area contributed by atoms with Crippen molar-refractivity contribution in [1.29, 1.82) is 0 Å². The molecule has 0 saturated heterocycles. The molecule has 0 fully saturated rings. The Hall–Kier alpha value is -2.69. The zero-order valence-electron chi connectivity index (χ0n) is 14.3. The van der Waals surface area contributed by atoms with Crippen LogP contribution in [0.25, 0.3) is 0 Å². The number of aliphatic carboxylic acids is 1. The lowest BCUT2D eigenvalue weighted by Gasteiger charge is -2.35. The Balaban J connectivity index is 2.46. The summed E-state index contributed by atoms with van der Waals surface area (Å²) in [4.78, 5) is 23.7. The molecular weight excluding hydrogens is 426 g/mol. The number of hydrogen-bond acceptors (Lipinski definition) is 4. The molecule has 0 amide bonds. The molecule has 0 atom stereocenters. The quantitative estimate of drug-likeness (QED) is 0.488. The van der Waals surface area contributed by atoms with Gasteiger partial charge in [-0.05, 0) is 24.3 Å². The molecule has 0 aromatic heterocycles. The van der Waals surface area contributed by atoms with Crippen LogP contribution < -0.4 is 0 Å². The molecule has 2 aromatic carbocycles. The number of ether oxygens (including phenoxy) is 1. The summed E-state index contributed by atoms with van der Waals surface area (Å²) in [6.07, 6.45) is -14.9. The second-order valence-corrected chi connectivity index (χ2v) is 6.81. The number of esters is 1. The molecule has 0 saturated carbocycles. The first-order valence-electron chi connectivity index (χ1n) is 7.78. The minimum absolute atomic E-state index is 0.0391. The van der Waals surface area contributed by atoms with Crippen LogP contribution in [0.2, 0.25) is 0 Å². The van der Waals surface area contributed by atoms with E-state index in [-0.39, 0.29) is 4.90 Å². The Bertz CT molecular complexity index is 866. The van der Waals surface area contributed by atoms with Gasteiger partial charge in [0.15, 0.2) is 0 Å². The molecule has 0 aliphatic heterocycles. The second-order valence-electron chi connectivity index (χ2n) is 5.69. The molecule has 1 N–H and O–H groups in total. The van der Waals surface area contributed by atoms with Crippen molar-refractivity contribution in [2.24, 2.45) is 0 Å². The fourth-order valence-corrected chi connectivity index (χ4v) is 3.23. The van der Waals surface area contributed by atoms with E-state index < -0.39 is 41.9 Å². The third-order valence-electron chi connectivity index (χ3n) is 3.66. The summed E-state index contributed by atoms with van der Waals surface area (Å²) in [6, 6.07) is 13.2. The standard InChI is InChI=1S/C18H12F6O4S/c19-17(20,21)16(10-14(25)26,18(22,23)24)28-15(27)12-8-4-5-9-13(12)29-11-6-2-1-3-7-11/h1-9H,10H2,(H,25,26). The van der Waals surface area contributed by atoms with Crippen molar-refractivity contribution < 1.29 is 45.8 Å². The average molecular weight is 438 g/mol. The maximum absolute atomic E-state index is 13.3. The number of alkyl halides is 6. The van der Waals surface area contributed by atoms with Crippen molar-refractivity contribution in [1.82, 2.24) is 0 Å². The predicted octanol–water partition coefficient (Wildman–Crippen LogP) is 5.33. The topological polar surface area (TPSA) is 63.6 Å². The van der Waals surface area contributed by atoms with E-state index in [0.29, 0.717) is 4.90 Å². The van der Waals surface area contributed by atoms with Crippen LogP contribution in [0.1, 0.15) is 16.8 Å². The van der Waals surface area contributed by atoms with Crippen LogP contribution in [-0.2, 0) is 9.53 Å². The van der Waals surface area contributed by atoms with Crippen molar-refractivity contribution >= 4 is 23.7 Å². The highest BCUT2D eigenvalue weighted by Crippen LogP contribution is 2.49. The van der Waals surface area contributed by atoms with Gasteiger partial charge in [0.05, 0.1) is 5.56 Å². The van der Waals surface area contributed by atoms with Gasteiger partial charge in [-0.2, -0.15) is 26.3 Å². The minimum atomic E-state index is -6.21. The van der Waals surface area contributed by atoms with Crippen LogP contribution in [-0.4, -0.2) is 35.0 Å². The number of rotatable bonds is 6. The van der Waals surface area contributed by atoms with Crippen LogP contribution in [0.4, 0.5) is 26.3 Å².